The van der Waals surface area contributed by atoms with E-state index in [1.54, 1.807) is 0 Å². The number of hydrogen-bond acceptors (Lipinski definition) is 3. The zero-order valence-corrected chi connectivity index (χ0v) is 12.2. The maximum absolute atomic E-state index is 12.1. The molecule has 2 rings (SSSR count). The highest BCUT2D eigenvalue weighted by Gasteiger charge is 2.21. The second-order valence-corrected chi connectivity index (χ2v) is 5.07. The van der Waals surface area contributed by atoms with Crippen LogP contribution in [0.15, 0.2) is 24.3 Å². The predicted molar refractivity (Wildman–Crippen MR) is 82.4 cm³/mol. The Bertz CT molecular complexity index is 551. The molecule has 0 spiro atoms. The molecule has 5 heteroatoms. The smallest absolute Gasteiger partial charge is 0.237 e. The summed E-state index contributed by atoms with van der Waals surface area (Å²) in [6.45, 7) is 4.57. The number of nitrogens with one attached hydrogen (secondary N) is 3. The number of aromatic nitrogens is 2. The molecule has 2 aromatic rings. The fourth-order valence-corrected chi connectivity index (χ4v) is 2.28. The minimum absolute atomic E-state index is 0. The van der Waals surface area contributed by atoms with Crippen LogP contribution in [0, 0.1) is 5.92 Å². The fourth-order valence-electron chi connectivity index (χ4n) is 2.28. The van der Waals surface area contributed by atoms with E-state index >= 15 is 0 Å². The molecule has 0 unspecified atom stereocenters. The molecule has 0 saturated carbocycles. The summed E-state index contributed by atoms with van der Waals surface area (Å²) in [4.78, 5) is 19.8. The van der Waals surface area contributed by atoms with Gasteiger partial charge < -0.3 is 15.6 Å². The molecular formula is C15H24N4O. The first-order valence-electron chi connectivity index (χ1n) is 7.04. The molecule has 1 aromatic carbocycles. The number of benzene rings is 1. The number of nitrogens with zero attached hydrogens (tertiary/aromatic N) is 1. The van der Waals surface area contributed by atoms with Gasteiger partial charge in [-0.2, -0.15) is 0 Å². The third-order valence-corrected chi connectivity index (χ3v) is 3.67. The summed E-state index contributed by atoms with van der Waals surface area (Å²) in [5.41, 5.74) is 1.91. The van der Waals surface area contributed by atoms with Gasteiger partial charge in [0.1, 0.15) is 5.82 Å². The van der Waals surface area contributed by atoms with E-state index in [2.05, 4.69) is 34.4 Å². The molecule has 0 aliphatic rings. The molecule has 2 atom stereocenters. The molecule has 110 valence electrons. The van der Waals surface area contributed by atoms with Crippen LogP contribution in [0.1, 0.15) is 27.5 Å². The molecule has 0 aliphatic carbocycles. The van der Waals surface area contributed by atoms with E-state index in [9.17, 15) is 4.79 Å². The van der Waals surface area contributed by atoms with Crippen molar-refractivity contribution in [2.75, 3.05) is 7.05 Å². The number of aromatic amines is 1. The summed E-state index contributed by atoms with van der Waals surface area (Å²) in [5.74, 6) is 1.09. The second-order valence-electron chi connectivity index (χ2n) is 5.07. The Balaban J connectivity index is 0.00000220. The third kappa shape index (κ3) is 3.17. The Morgan fingerprint density at radius 2 is 2.20 bits per heavy atom. The monoisotopic (exact) mass is 276 g/mol. The highest BCUT2D eigenvalue weighted by atomic mass is 16.2. The molecule has 0 aliphatic heterocycles. The number of rotatable bonds is 6. The van der Waals surface area contributed by atoms with Crippen LogP contribution in [0.4, 0.5) is 0 Å². The minimum Gasteiger partial charge on any atom is -0.348 e. The number of likely N-dealkylation sites (N-methyl/N-ethyl adjacent to an activating group) is 1. The maximum atomic E-state index is 12.1. The first kappa shape index (κ1) is 14.5. The van der Waals surface area contributed by atoms with Crippen molar-refractivity contribution in [2.24, 2.45) is 5.92 Å². The van der Waals surface area contributed by atoms with Crippen LogP contribution in [-0.4, -0.2) is 29.0 Å². The number of carbonyl (C=O) groups excluding carboxylic acids is 1. The number of amides is 1. The van der Waals surface area contributed by atoms with Gasteiger partial charge in [0.15, 0.2) is 0 Å². The number of carbonyl (C=O) groups is 1. The third-order valence-electron chi connectivity index (χ3n) is 3.67. The highest BCUT2D eigenvalue weighted by Crippen LogP contribution is 2.11. The quantitative estimate of drug-likeness (QED) is 0.756. The number of fused-ring (bicyclic) bond motifs is 1. The number of hydrogen-bond donors (Lipinski definition) is 3. The molecule has 1 aromatic heterocycles. The van der Waals surface area contributed by atoms with Crippen molar-refractivity contribution in [1.29, 1.82) is 0 Å². The second kappa shape index (κ2) is 6.52. The Morgan fingerprint density at radius 1 is 1.45 bits per heavy atom. The lowest BCUT2D eigenvalue weighted by atomic mass is 9.99. The van der Waals surface area contributed by atoms with Crippen LogP contribution in [0.2, 0.25) is 0 Å². The number of imidazole rings is 1. The van der Waals surface area contributed by atoms with Crippen molar-refractivity contribution in [3.05, 3.63) is 30.1 Å². The number of H-pyrrole nitrogens is 1. The molecule has 0 saturated heterocycles. The largest absolute Gasteiger partial charge is 0.348 e. The fraction of sp³-hybridized carbons (Fsp3) is 0.467. The van der Waals surface area contributed by atoms with Crippen molar-refractivity contribution in [3.63, 3.8) is 0 Å². The SMILES string of the molecule is CC[C@@H](C)[C@@H](NC)C(=O)NCc1nc2ccccc2[nH]1.[HH]. The van der Waals surface area contributed by atoms with Crippen molar-refractivity contribution >= 4 is 16.9 Å². The minimum atomic E-state index is -0.163. The normalized spacial score (nSPS) is 14.2. The van der Waals surface area contributed by atoms with E-state index in [-0.39, 0.29) is 13.4 Å². The van der Waals surface area contributed by atoms with Crippen molar-refractivity contribution in [2.45, 2.75) is 32.9 Å². The topological polar surface area (TPSA) is 69.8 Å². The van der Waals surface area contributed by atoms with Gasteiger partial charge >= 0.3 is 0 Å². The Morgan fingerprint density at radius 3 is 2.85 bits per heavy atom. The van der Waals surface area contributed by atoms with Gasteiger partial charge in [-0.15, -0.1) is 0 Å². The zero-order chi connectivity index (χ0) is 14.5. The van der Waals surface area contributed by atoms with Gasteiger partial charge in [-0.1, -0.05) is 32.4 Å². The molecule has 0 bridgehead atoms. The van der Waals surface area contributed by atoms with E-state index in [0.29, 0.717) is 12.5 Å². The standard InChI is InChI=1S/C15H22N4O.H2/c1-4-10(2)14(16-3)15(20)17-9-13-18-11-7-5-6-8-12(11)19-13;/h5-8,10,14,16H,4,9H2,1-3H3,(H,17,20)(H,18,19);1H/t10-,14-;/m1./s1. The Hall–Kier alpha value is -1.88. The van der Waals surface area contributed by atoms with Gasteiger partial charge in [0.2, 0.25) is 5.91 Å². The predicted octanol–water partition coefficient (Wildman–Crippen LogP) is 2.06. The molecular weight excluding hydrogens is 252 g/mol. The van der Waals surface area contributed by atoms with Gasteiger partial charge in [-0.25, -0.2) is 4.98 Å². The lowest BCUT2D eigenvalue weighted by Crippen LogP contribution is -2.46. The number of para-hydroxylation sites is 2. The van der Waals surface area contributed by atoms with Crippen LogP contribution < -0.4 is 10.6 Å². The average molecular weight is 276 g/mol. The van der Waals surface area contributed by atoms with Gasteiger partial charge in [0, 0.05) is 1.43 Å². The van der Waals surface area contributed by atoms with Gasteiger partial charge in [0.05, 0.1) is 23.6 Å². The zero-order valence-electron chi connectivity index (χ0n) is 12.2. The first-order chi connectivity index (χ1) is 9.65. The first-order valence-corrected chi connectivity index (χ1v) is 7.04. The molecule has 3 N–H and O–H groups in total. The molecule has 5 nitrogen and oxygen atoms in total. The Labute approximate surface area is 120 Å². The van der Waals surface area contributed by atoms with Crippen LogP contribution in [0.3, 0.4) is 0 Å². The van der Waals surface area contributed by atoms with Crippen molar-refractivity contribution in [1.82, 2.24) is 20.6 Å². The lowest BCUT2D eigenvalue weighted by Gasteiger charge is -2.21. The summed E-state index contributed by atoms with van der Waals surface area (Å²) in [6, 6.07) is 7.67. The Kier molecular flexibility index (Phi) is 4.74. The van der Waals surface area contributed by atoms with E-state index in [1.165, 1.54) is 0 Å². The summed E-state index contributed by atoms with van der Waals surface area (Å²) in [5, 5.41) is 6.00. The molecule has 20 heavy (non-hydrogen) atoms. The van der Waals surface area contributed by atoms with Crippen molar-refractivity contribution < 1.29 is 6.22 Å². The van der Waals surface area contributed by atoms with E-state index in [1.807, 2.05) is 31.3 Å². The maximum Gasteiger partial charge on any atom is 0.237 e. The van der Waals surface area contributed by atoms with Gasteiger partial charge in [-0.3, -0.25) is 4.79 Å². The summed E-state index contributed by atoms with van der Waals surface area (Å²) < 4.78 is 0. The van der Waals surface area contributed by atoms with Crippen LogP contribution in [0.25, 0.3) is 11.0 Å². The van der Waals surface area contributed by atoms with Crippen molar-refractivity contribution in [3.8, 4) is 0 Å². The van der Waals surface area contributed by atoms with Gasteiger partial charge in [0.25, 0.3) is 0 Å². The van der Waals surface area contributed by atoms with E-state index in [4.69, 9.17) is 0 Å². The average Bonchev–Trinajstić information content (AvgIpc) is 2.88. The lowest BCUT2D eigenvalue weighted by molar-refractivity contribution is -0.124. The molecule has 0 radical (unpaired) electrons. The van der Waals surface area contributed by atoms with Crippen LogP contribution >= 0.6 is 0 Å². The summed E-state index contributed by atoms with van der Waals surface area (Å²) in [6.07, 6.45) is 0.962. The van der Waals surface area contributed by atoms with Gasteiger partial charge in [-0.05, 0) is 25.1 Å². The van der Waals surface area contributed by atoms with E-state index in [0.717, 1.165) is 23.3 Å². The highest BCUT2D eigenvalue weighted by molar-refractivity contribution is 5.82. The molecule has 1 amide bonds. The molecule has 1 heterocycles. The van der Waals surface area contributed by atoms with Crippen LogP contribution in [0.5, 0.6) is 0 Å². The summed E-state index contributed by atoms with van der Waals surface area (Å²) in [7, 11) is 1.82. The molecule has 0 fully saturated rings. The van der Waals surface area contributed by atoms with Crippen LogP contribution in [-0.2, 0) is 11.3 Å². The van der Waals surface area contributed by atoms with E-state index < -0.39 is 0 Å². The summed E-state index contributed by atoms with van der Waals surface area (Å²) >= 11 is 0.